The number of nitrogens with one attached hydrogen (secondary N) is 1. The first kappa shape index (κ1) is 17.1. The number of carbonyl (C=O) groups excluding carboxylic acids is 1. The lowest BCUT2D eigenvalue weighted by Gasteiger charge is -2.12. The summed E-state index contributed by atoms with van der Waals surface area (Å²) in [5.41, 5.74) is 0.0399. The van der Waals surface area contributed by atoms with Crippen molar-refractivity contribution in [3.63, 3.8) is 0 Å². The molecule has 11 heteroatoms. The third-order valence-corrected chi connectivity index (χ3v) is 2.80. The summed E-state index contributed by atoms with van der Waals surface area (Å²) < 4.78 is 34.8. The molecule has 0 bridgehead atoms. The van der Waals surface area contributed by atoms with Gasteiger partial charge in [-0.3, -0.25) is 19.6 Å². The number of rotatable bonds is 7. The van der Waals surface area contributed by atoms with Gasteiger partial charge in [0.1, 0.15) is 18.9 Å². The van der Waals surface area contributed by atoms with Gasteiger partial charge in [0, 0.05) is 11.8 Å². The molecule has 1 N–H and O–H groups in total. The molecule has 9 nitrogen and oxygen atoms in total. The normalized spacial score (nSPS) is 10.5. The molecule has 0 atom stereocenters. The molecule has 1 aromatic carbocycles. The fraction of sp³-hybridized carbons (Fsp3) is 0.231. The lowest BCUT2D eigenvalue weighted by atomic mass is 10.2. The maximum atomic E-state index is 12.2. The minimum atomic E-state index is -3.00. The minimum absolute atomic E-state index is 0.0165. The van der Waals surface area contributed by atoms with Crippen LogP contribution in [0.15, 0.2) is 30.6 Å². The molecule has 1 heterocycles. The highest BCUT2D eigenvalue weighted by Crippen LogP contribution is 2.31. The van der Waals surface area contributed by atoms with Crippen molar-refractivity contribution in [3.8, 4) is 11.5 Å². The molecule has 0 unspecified atom stereocenters. The molecule has 0 aliphatic rings. The van der Waals surface area contributed by atoms with Gasteiger partial charge < -0.3 is 14.8 Å². The van der Waals surface area contributed by atoms with E-state index in [-0.39, 0.29) is 29.4 Å². The van der Waals surface area contributed by atoms with Gasteiger partial charge in [0.25, 0.3) is 0 Å². The number of methoxy groups -OCH3 is 1. The summed E-state index contributed by atoms with van der Waals surface area (Å²) in [6, 6.07) is 3.88. The van der Waals surface area contributed by atoms with Crippen LogP contribution in [0.2, 0.25) is 0 Å². The van der Waals surface area contributed by atoms with E-state index >= 15 is 0 Å². The Morgan fingerprint density at radius 2 is 2.21 bits per heavy atom. The summed E-state index contributed by atoms with van der Waals surface area (Å²) in [6.07, 6.45) is 2.13. The molecule has 0 aliphatic heterocycles. The van der Waals surface area contributed by atoms with E-state index in [0.29, 0.717) is 0 Å². The number of amides is 1. The Morgan fingerprint density at radius 3 is 2.79 bits per heavy atom. The topological polar surface area (TPSA) is 109 Å². The van der Waals surface area contributed by atoms with Crippen molar-refractivity contribution in [3.05, 3.63) is 40.7 Å². The Balaban J connectivity index is 2.04. The molecule has 2 rings (SSSR count). The van der Waals surface area contributed by atoms with Crippen LogP contribution in [0.1, 0.15) is 0 Å². The Bertz CT molecular complexity index is 750. The second kappa shape index (κ2) is 7.35. The molecule has 24 heavy (non-hydrogen) atoms. The summed E-state index contributed by atoms with van der Waals surface area (Å²) in [5.74, 6) is -0.673. The third-order valence-electron chi connectivity index (χ3n) is 2.80. The quantitative estimate of drug-likeness (QED) is 0.609. The lowest BCUT2D eigenvalue weighted by Crippen LogP contribution is -2.19. The van der Waals surface area contributed by atoms with Crippen LogP contribution in [0.5, 0.6) is 11.5 Å². The number of aromatic nitrogens is 2. The molecule has 0 aliphatic carbocycles. The first-order chi connectivity index (χ1) is 11.4. The fourth-order valence-corrected chi connectivity index (χ4v) is 1.82. The van der Waals surface area contributed by atoms with Gasteiger partial charge in [0.05, 0.1) is 12.0 Å². The maximum Gasteiger partial charge on any atom is 0.387 e. The third kappa shape index (κ3) is 4.38. The number of benzene rings is 1. The summed E-state index contributed by atoms with van der Waals surface area (Å²) in [4.78, 5) is 21.8. The molecule has 1 aromatic heterocycles. The summed E-state index contributed by atoms with van der Waals surface area (Å²) in [6.45, 7) is -3.26. The van der Waals surface area contributed by atoms with Crippen molar-refractivity contribution in [1.29, 1.82) is 0 Å². The number of hydrogen-bond donors (Lipinski definition) is 1. The van der Waals surface area contributed by atoms with Crippen molar-refractivity contribution in [2.24, 2.45) is 0 Å². The monoisotopic (exact) mass is 342 g/mol. The molecule has 0 radical (unpaired) electrons. The molecule has 0 spiro atoms. The molecular weight excluding hydrogens is 330 g/mol. The zero-order chi connectivity index (χ0) is 17.7. The molecular formula is C13H12F2N4O5. The smallest absolute Gasteiger partial charge is 0.387 e. The zero-order valence-corrected chi connectivity index (χ0v) is 12.3. The highest BCUT2D eigenvalue weighted by molar-refractivity contribution is 5.90. The Morgan fingerprint density at radius 1 is 1.46 bits per heavy atom. The number of ether oxygens (including phenoxy) is 2. The van der Waals surface area contributed by atoms with Crippen LogP contribution >= 0.6 is 0 Å². The first-order valence-corrected chi connectivity index (χ1v) is 6.48. The van der Waals surface area contributed by atoms with E-state index in [1.54, 1.807) is 0 Å². The molecule has 0 fully saturated rings. The van der Waals surface area contributed by atoms with Gasteiger partial charge in [-0.1, -0.05) is 0 Å². The number of alkyl halides is 2. The van der Waals surface area contributed by atoms with Crippen molar-refractivity contribution in [2.75, 3.05) is 12.4 Å². The Hall–Kier alpha value is -3.24. The average molecular weight is 342 g/mol. The summed E-state index contributed by atoms with van der Waals surface area (Å²) in [7, 11) is 1.27. The largest absolute Gasteiger partial charge is 0.493 e. The second-order valence-electron chi connectivity index (χ2n) is 4.45. The highest BCUT2D eigenvalue weighted by Gasteiger charge is 2.14. The molecule has 1 amide bonds. The predicted molar refractivity (Wildman–Crippen MR) is 77.1 cm³/mol. The van der Waals surface area contributed by atoms with Crippen LogP contribution in [0, 0.1) is 10.1 Å². The Kier molecular flexibility index (Phi) is 5.24. The van der Waals surface area contributed by atoms with Crippen LogP contribution in [-0.2, 0) is 11.3 Å². The van der Waals surface area contributed by atoms with Crippen molar-refractivity contribution in [2.45, 2.75) is 13.2 Å². The zero-order valence-electron chi connectivity index (χ0n) is 12.3. The van der Waals surface area contributed by atoms with E-state index in [0.717, 1.165) is 17.1 Å². The fourth-order valence-electron chi connectivity index (χ4n) is 1.82. The maximum absolute atomic E-state index is 12.2. The summed E-state index contributed by atoms with van der Waals surface area (Å²) >= 11 is 0. The number of halogens is 2. The van der Waals surface area contributed by atoms with Gasteiger partial charge in [-0.05, 0) is 12.1 Å². The van der Waals surface area contributed by atoms with Crippen molar-refractivity contribution < 1.29 is 28.0 Å². The number of carbonyl (C=O) groups is 1. The highest BCUT2D eigenvalue weighted by atomic mass is 19.3. The summed E-state index contributed by atoms with van der Waals surface area (Å²) in [5, 5.41) is 16.7. The Labute approximate surface area is 133 Å². The van der Waals surface area contributed by atoms with Gasteiger partial charge in [-0.2, -0.15) is 13.9 Å². The lowest BCUT2D eigenvalue weighted by molar-refractivity contribution is -0.385. The number of anilines is 1. The SMILES string of the molecule is COc1cc(NC(=O)Cn2cc([N+](=O)[O-])cn2)ccc1OC(F)F. The van der Waals surface area contributed by atoms with Crippen LogP contribution in [-0.4, -0.2) is 34.3 Å². The van der Waals surface area contributed by atoms with E-state index in [1.807, 2.05) is 0 Å². The van der Waals surface area contributed by atoms with Gasteiger partial charge in [0.15, 0.2) is 11.5 Å². The van der Waals surface area contributed by atoms with E-state index in [1.165, 1.54) is 25.3 Å². The van der Waals surface area contributed by atoms with Crippen molar-refractivity contribution in [1.82, 2.24) is 9.78 Å². The van der Waals surface area contributed by atoms with Crippen LogP contribution < -0.4 is 14.8 Å². The van der Waals surface area contributed by atoms with E-state index in [9.17, 15) is 23.7 Å². The molecule has 2 aromatic rings. The second-order valence-corrected chi connectivity index (χ2v) is 4.45. The average Bonchev–Trinajstić information content (AvgIpc) is 2.96. The first-order valence-electron chi connectivity index (χ1n) is 6.48. The minimum Gasteiger partial charge on any atom is -0.493 e. The van der Waals surface area contributed by atoms with E-state index in [2.05, 4.69) is 15.2 Å². The van der Waals surface area contributed by atoms with E-state index < -0.39 is 17.4 Å². The number of nitro groups is 1. The number of nitrogens with zero attached hydrogens (tertiary/aromatic N) is 3. The molecule has 0 saturated carbocycles. The van der Waals surface area contributed by atoms with Gasteiger partial charge in [0.2, 0.25) is 5.91 Å². The van der Waals surface area contributed by atoms with Gasteiger partial charge >= 0.3 is 12.3 Å². The van der Waals surface area contributed by atoms with Crippen LogP contribution in [0.25, 0.3) is 0 Å². The van der Waals surface area contributed by atoms with Crippen molar-refractivity contribution >= 4 is 17.3 Å². The van der Waals surface area contributed by atoms with Gasteiger partial charge in [-0.15, -0.1) is 0 Å². The number of hydrogen-bond acceptors (Lipinski definition) is 6. The molecule has 128 valence electrons. The predicted octanol–water partition coefficient (Wildman–Crippen LogP) is 2.04. The standard InChI is InChI=1S/C13H12F2N4O5/c1-23-11-4-8(2-3-10(11)24-13(14)15)17-12(20)7-18-6-9(5-16-18)19(21)22/h2-6,13H,7H2,1H3,(H,17,20). The van der Waals surface area contributed by atoms with Gasteiger partial charge in [-0.25, -0.2) is 0 Å². The molecule has 0 saturated heterocycles. The van der Waals surface area contributed by atoms with E-state index in [4.69, 9.17) is 4.74 Å². The van der Waals surface area contributed by atoms with Crippen LogP contribution in [0.3, 0.4) is 0 Å². The van der Waals surface area contributed by atoms with Crippen LogP contribution in [0.4, 0.5) is 20.2 Å².